The van der Waals surface area contributed by atoms with Crippen molar-refractivity contribution in [3.8, 4) is 6.07 Å². The molecule has 0 heterocycles. The minimum Gasteiger partial charge on any atom is -0.465 e. The number of esters is 1. The average Bonchev–Trinajstić information content (AvgIpc) is 2.16. The van der Waals surface area contributed by atoms with Crippen LogP contribution in [0, 0.1) is 17.2 Å². The highest BCUT2D eigenvalue weighted by Gasteiger charge is 2.11. The number of nitrogens with zero attached hydrogens (tertiary/aromatic N) is 1. The maximum Gasteiger partial charge on any atom is 0.323 e. The lowest BCUT2D eigenvalue weighted by molar-refractivity contribution is -0.146. The molecule has 0 aromatic carbocycles. The van der Waals surface area contributed by atoms with Gasteiger partial charge in [0, 0.05) is 0 Å². The molecular formula is C10H17NO2. The Hall–Kier alpha value is -1.04. The third kappa shape index (κ3) is 6.15. The summed E-state index contributed by atoms with van der Waals surface area (Å²) in [5.74, 6) is -1.04. The lowest BCUT2D eigenvalue weighted by Crippen LogP contribution is -2.13. The number of ether oxygens (including phenoxy) is 1. The summed E-state index contributed by atoms with van der Waals surface area (Å²) in [6.45, 7) is 4.13. The van der Waals surface area contributed by atoms with Gasteiger partial charge in [-0.3, -0.25) is 4.79 Å². The molecule has 3 nitrogen and oxygen atoms in total. The van der Waals surface area contributed by atoms with Gasteiger partial charge in [-0.05, 0) is 13.3 Å². The molecule has 0 aromatic heterocycles. The van der Waals surface area contributed by atoms with Gasteiger partial charge in [-0.1, -0.05) is 26.2 Å². The number of unbranched alkanes of at least 4 members (excludes halogenated alkanes) is 3. The quantitative estimate of drug-likeness (QED) is 0.469. The minimum absolute atomic E-state index is 0.404. The second-order valence-electron chi connectivity index (χ2n) is 3.08. The van der Waals surface area contributed by atoms with E-state index in [2.05, 4.69) is 6.92 Å². The molecule has 74 valence electrons. The van der Waals surface area contributed by atoms with Crippen molar-refractivity contribution in [2.45, 2.75) is 39.5 Å². The number of carbonyl (C=O) groups is 1. The summed E-state index contributed by atoms with van der Waals surface area (Å²) in [4.78, 5) is 11.0. The predicted octanol–water partition coefficient (Wildman–Crippen LogP) is 2.27. The molecule has 0 fully saturated rings. The lowest BCUT2D eigenvalue weighted by atomic mass is 10.2. The highest BCUT2D eigenvalue weighted by molar-refractivity contribution is 5.74. The summed E-state index contributed by atoms with van der Waals surface area (Å²) in [6.07, 6.45) is 4.33. The Labute approximate surface area is 79.7 Å². The first kappa shape index (κ1) is 12.0. The lowest BCUT2D eigenvalue weighted by Gasteiger charge is -2.04. The van der Waals surface area contributed by atoms with Crippen LogP contribution in [0.15, 0.2) is 0 Å². The van der Waals surface area contributed by atoms with E-state index in [1.54, 1.807) is 6.92 Å². The second-order valence-corrected chi connectivity index (χ2v) is 3.08. The highest BCUT2D eigenvalue weighted by atomic mass is 16.5. The van der Waals surface area contributed by atoms with E-state index in [-0.39, 0.29) is 0 Å². The molecule has 0 saturated carbocycles. The van der Waals surface area contributed by atoms with Gasteiger partial charge < -0.3 is 4.74 Å². The Morgan fingerprint density at radius 3 is 2.69 bits per heavy atom. The van der Waals surface area contributed by atoms with Crippen LogP contribution in [0.25, 0.3) is 0 Å². The fraction of sp³-hybridized carbons (Fsp3) is 0.800. The van der Waals surface area contributed by atoms with Crippen molar-refractivity contribution in [2.24, 2.45) is 5.92 Å². The van der Waals surface area contributed by atoms with E-state index in [0.717, 1.165) is 12.8 Å². The van der Waals surface area contributed by atoms with E-state index < -0.39 is 11.9 Å². The number of hydrogen-bond donors (Lipinski definition) is 0. The predicted molar refractivity (Wildman–Crippen MR) is 49.9 cm³/mol. The highest BCUT2D eigenvalue weighted by Crippen LogP contribution is 2.01. The molecule has 0 radical (unpaired) electrons. The molecule has 0 aliphatic carbocycles. The molecule has 0 rings (SSSR count). The van der Waals surface area contributed by atoms with Gasteiger partial charge in [0.15, 0.2) is 0 Å². The molecule has 3 heteroatoms. The Balaban J connectivity index is 3.33. The summed E-state index contributed by atoms with van der Waals surface area (Å²) >= 11 is 0. The topological polar surface area (TPSA) is 50.1 Å². The molecule has 0 aliphatic rings. The van der Waals surface area contributed by atoms with E-state index in [1.807, 2.05) is 6.07 Å². The van der Waals surface area contributed by atoms with Crippen LogP contribution in [0.1, 0.15) is 39.5 Å². The Morgan fingerprint density at radius 1 is 1.46 bits per heavy atom. The van der Waals surface area contributed by atoms with Crippen molar-refractivity contribution in [3.63, 3.8) is 0 Å². The summed E-state index contributed by atoms with van der Waals surface area (Å²) in [7, 11) is 0. The smallest absolute Gasteiger partial charge is 0.323 e. The normalized spacial score (nSPS) is 11.8. The molecule has 1 unspecified atom stereocenters. The largest absolute Gasteiger partial charge is 0.465 e. The molecule has 0 bridgehead atoms. The Bertz CT molecular complexity index is 184. The average molecular weight is 183 g/mol. The molecular weight excluding hydrogens is 166 g/mol. The summed E-state index contributed by atoms with van der Waals surface area (Å²) in [5.41, 5.74) is 0. The van der Waals surface area contributed by atoms with E-state index in [1.165, 1.54) is 12.8 Å². The fourth-order valence-corrected chi connectivity index (χ4v) is 0.879. The van der Waals surface area contributed by atoms with E-state index in [4.69, 9.17) is 10.00 Å². The van der Waals surface area contributed by atoms with Gasteiger partial charge in [0.1, 0.15) is 5.92 Å². The van der Waals surface area contributed by atoms with Crippen molar-refractivity contribution < 1.29 is 9.53 Å². The molecule has 0 N–H and O–H groups in total. The van der Waals surface area contributed by atoms with Gasteiger partial charge in [-0.2, -0.15) is 5.26 Å². The molecule has 13 heavy (non-hydrogen) atoms. The van der Waals surface area contributed by atoms with Crippen molar-refractivity contribution in [1.82, 2.24) is 0 Å². The first-order valence-corrected chi connectivity index (χ1v) is 4.78. The van der Waals surface area contributed by atoms with Crippen LogP contribution in [0.4, 0.5) is 0 Å². The van der Waals surface area contributed by atoms with Crippen LogP contribution in [0.5, 0.6) is 0 Å². The Kier molecular flexibility index (Phi) is 6.99. The van der Waals surface area contributed by atoms with Gasteiger partial charge >= 0.3 is 5.97 Å². The number of rotatable bonds is 6. The molecule has 0 amide bonds. The molecule has 0 spiro atoms. The van der Waals surface area contributed by atoms with Gasteiger partial charge in [0.2, 0.25) is 0 Å². The summed E-state index contributed by atoms with van der Waals surface area (Å²) < 4.78 is 4.88. The Morgan fingerprint density at radius 2 is 2.15 bits per heavy atom. The third-order valence-electron chi connectivity index (χ3n) is 1.79. The van der Waals surface area contributed by atoms with E-state index in [0.29, 0.717) is 6.61 Å². The van der Waals surface area contributed by atoms with Crippen molar-refractivity contribution in [1.29, 1.82) is 5.26 Å². The van der Waals surface area contributed by atoms with Gasteiger partial charge in [0.05, 0.1) is 12.7 Å². The summed E-state index contributed by atoms with van der Waals surface area (Å²) in [5, 5.41) is 8.40. The van der Waals surface area contributed by atoms with Crippen LogP contribution >= 0.6 is 0 Å². The van der Waals surface area contributed by atoms with Crippen molar-refractivity contribution >= 4 is 5.97 Å². The number of nitriles is 1. The first-order valence-electron chi connectivity index (χ1n) is 4.78. The van der Waals surface area contributed by atoms with Crippen molar-refractivity contribution in [3.05, 3.63) is 0 Å². The maximum absolute atomic E-state index is 11.0. The molecule has 0 aromatic rings. The minimum atomic E-state index is -0.633. The maximum atomic E-state index is 11.0. The monoisotopic (exact) mass is 183 g/mol. The number of carbonyl (C=O) groups excluding carboxylic acids is 1. The molecule has 0 aliphatic heterocycles. The third-order valence-corrected chi connectivity index (χ3v) is 1.79. The van der Waals surface area contributed by atoms with Crippen molar-refractivity contribution in [2.75, 3.05) is 6.61 Å². The second kappa shape index (κ2) is 7.60. The van der Waals surface area contributed by atoms with Crippen LogP contribution in [0.2, 0.25) is 0 Å². The van der Waals surface area contributed by atoms with Crippen LogP contribution in [0.3, 0.4) is 0 Å². The summed E-state index contributed by atoms with van der Waals surface area (Å²) in [6, 6.07) is 1.84. The molecule has 0 saturated heterocycles. The zero-order valence-electron chi connectivity index (χ0n) is 8.38. The van der Waals surface area contributed by atoms with Crippen LogP contribution in [-0.4, -0.2) is 12.6 Å². The van der Waals surface area contributed by atoms with Gasteiger partial charge in [-0.15, -0.1) is 0 Å². The van der Waals surface area contributed by atoms with E-state index >= 15 is 0 Å². The van der Waals surface area contributed by atoms with Gasteiger partial charge in [-0.25, -0.2) is 0 Å². The standard InChI is InChI=1S/C10H17NO2/c1-3-4-5-6-7-13-10(12)9(2)8-11/h9H,3-7H2,1-2H3. The van der Waals surface area contributed by atoms with E-state index in [9.17, 15) is 4.79 Å². The zero-order chi connectivity index (χ0) is 10.1. The fourth-order valence-electron chi connectivity index (χ4n) is 0.879. The first-order chi connectivity index (χ1) is 6.22. The SMILES string of the molecule is CCCCCCOC(=O)C(C)C#N. The van der Waals surface area contributed by atoms with Crippen LogP contribution < -0.4 is 0 Å². The number of hydrogen-bond acceptors (Lipinski definition) is 3. The van der Waals surface area contributed by atoms with Gasteiger partial charge in [0.25, 0.3) is 0 Å². The molecule has 1 atom stereocenters. The zero-order valence-corrected chi connectivity index (χ0v) is 8.38. The van der Waals surface area contributed by atoms with Crippen LogP contribution in [-0.2, 0) is 9.53 Å².